The van der Waals surface area contributed by atoms with Gasteiger partial charge in [0, 0.05) is 21.7 Å². The van der Waals surface area contributed by atoms with Crippen LogP contribution in [-0.4, -0.2) is 27.9 Å². The number of rotatable bonds is 5. The molecule has 5 rings (SSSR count). The van der Waals surface area contributed by atoms with E-state index in [1.165, 1.54) is 24.3 Å². The number of carboxylic acids is 1. The predicted octanol–water partition coefficient (Wildman–Crippen LogP) is 5.68. The Bertz CT molecular complexity index is 1470. The van der Waals surface area contributed by atoms with Gasteiger partial charge in [-0.2, -0.15) is 0 Å². The fourth-order valence-electron chi connectivity index (χ4n) is 4.10. The second-order valence-corrected chi connectivity index (χ2v) is 8.46. The molecule has 0 radical (unpaired) electrons. The largest absolute Gasteiger partial charge is 0.507 e. The number of phenols is 1. The van der Waals surface area contributed by atoms with Crippen molar-refractivity contribution in [3.05, 3.63) is 106 Å². The van der Waals surface area contributed by atoms with E-state index in [9.17, 15) is 19.5 Å². The van der Waals surface area contributed by atoms with Gasteiger partial charge >= 0.3 is 11.9 Å². The van der Waals surface area contributed by atoms with Crippen LogP contribution in [0.3, 0.4) is 0 Å². The lowest BCUT2D eigenvalue weighted by molar-refractivity contribution is -0.135. The SMILES string of the molecule is O=C1CC(c2ccc(-c3ccc(C(=O)O)cc3)o2)c2c(ccc(C(=O)c3ccc(Cl)cc3)c2O)O1. The van der Waals surface area contributed by atoms with Crippen molar-refractivity contribution in [2.45, 2.75) is 12.3 Å². The molecule has 174 valence electrons. The molecule has 2 N–H and O–H groups in total. The molecule has 2 heterocycles. The first-order valence-corrected chi connectivity index (χ1v) is 11.0. The van der Waals surface area contributed by atoms with Crippen LogP contribution in [0.2, 0.25) is 5.02 Å². The standard InChI is InChI=1S/C27H17ClO7/c28-17-7-5-15(6-8-17)25(30)18-9-10-22-24(26(18)31)19(13-23(29)35-22)21-12-11-20(34-21)14-1-3-16(4-2-14)27(32)33/h1-12,19,31H,13H2,(H,32,33). The van der Waals surface area contributed by atoms with Crippen molar-refractivity contribution in [1.82, 2.24) is 0 Å². The molecule has 1 unspecified atom stereocenters. The number of phenolic OH excluding ortho intramolecular Hbond substituents is 1. The van der Waals surface area contributed by atoms with Crippen LogP contribution < -0.4 is 4.74 Å². The molecule has 0 bridgehead atoms. The minimum absolute atomic E-state index is 0.0602. The zero-order valence-electron chi connectivity index (χ0n) is 18.0. The molecule has 1 aliphatic heterocycles. The van der Waals surface area contributed by atoms with E-state index in [1.807, 2.05) is 0 Å². The van der Waals surface area contributed by atoms with Crippen LogP contribution in [0.5, 0.6) is 11.5 Å². The van der Waals surface area contributed by atoms with Crippen molar-refractivity contribution in [2.24, 2.45) is 0 Å². The van der Waals surface area contributed by atoms with Gasteiger partial charge in [0.15, 0.2) is 5.78 Å². The molecule has 8 heteroatoms. The summed E-state index contributed by atoms with van der Waals surface area (Å²) < 4.78 is 11.3. The quantitative estimate of drug-likeness (QED) is 0.211. The Hall–Kier alpha value is -4.36. The summed E-state index contributed by atoms with van der Waals surface area (Å²) >= 11 is 5.91. The first-order valence-electron chi connectivity index (χ1n) is 10.6. The predicted molar refractivity (Wildman–Crippen MR) is 126 cm³/mol. The third-order valence-electron chi connectivity index (χ3n) is 5.86. The lowest BCUT2D eigenvalue weighted by Gasteiger charge is -2.25. The molecule has 0 saturated carbocycles. The number of benzene rings is 3. The van der Waals surface area contributed by atoms with E-state index in [4.69, 9.17) is 25.9 Å². The number of carbonyl (C=O) groups excluding carboxylic acids is 2. The molecular formula is C27H17ClO7. The van der Waals surface area contributed by atoms with Crippen LogP contribution in [0.25, 0.3) is 11.3 Å². The first kappa shape index (κ1) is 22.4. The van der Waals surface area contributed by atoms with Crippen molar-refractivity contribution >= 4 is 29.3 Å². The molecule has 1 aliphatic rings. The van der Waals surface area contributed by atoms with Gasteiger partial charge in [0.25, 0.3) is 0 Å². The summed E-state index contributed by atoms with van der Waals surface area (Å²) in [6.07, 6.45) is -0.0932. The highest BCUT2D eigenvalue weighted by molar-refractivity contribution is 6.30. The summed E-state index contributed by atoms with van der Waals surface area (Å²) in [4.78, 5) is 36.4. The highest BCUT2D eigenvalue weighted by atomic mass is 35.5. The molecule has 4 aromatic rings. The van der Waals surface area contributed by atoms with Gasteiger partial charge in [-0.1, -0.05) is 23.7 Å². The molecular weight excluding hydrogens is 472 g/mol. The number of aromatic hydroxyl groups is 1. The third-order valence-corrected chi connectivity index (χ3v) is 6.11. The number of aromatic carboxylic acids is 1. The maximum atomic E-state index is 13.1. The lowest BCUT2D eigenvalue weighted by atomic mass is 9.87. The number of hydrogen-bond acceptors (Lipinski definition) is 6. The van der Waals surface area contributed by atoms with E-state index in [-0.39, 0.29) is 34.6 Å². The van der Waals surface area contributed by atoms with Crippen LogP contribution in [-0.2, 0) is 4.79 Å². The molecule has 1 aromatic heterocycles. The molecule has 0 fully saturated rings. The van der Waals surface area contributed by atoms with Crippen molar-refractivity contribution in [1.29, 1.82) is 0 Å². The smallest absolute Gasteiger partial charge is 0.335 e. The number of carboxylic acid groups (broad SMARTS) is 1. The summed E-state index contributed by atoms with van der Waals surface area (Å²) in [5.41, 5.74) is 1.48. The summed E-state index contributed by atoms with van der Waals surface area (Å²) in [5, 5.41) is 20.7. The van der Waals surface area contributed by atoms with Crippen LogP contribution in [0.4, 0.5) is 0 Å². The molecule has 7 nitrogen and oxygen atoms in total. The van der Waals surface area contributed by atoms with Crippen LogP contribution in [0.15, 0.2) is 77.2 Å². The van der Waals surface area contributed by atoms with Gasteiger partial charge in [0.1, 0.15) is 23.0 Å². The molecule has 0 amide bonds. The zero-order valence-corrected chi connectivity index (χ0v) is 18.8. The molecule has 1 atom stereocenters. The number of ketones is 1. The van der Waals surface area contributed by atoms with E-state index >= 15 is 0 Å². The third kappa shape index (κ3) is 4.18. The number of halogens is 1. The van der Waals surface area contributed by atoms with Crippen molar-refractivity contribution in [2.75, 3.05) is 0 Å². The number of ether oxygens (including phenoxy) is 1. The van der Waals surface area contributed by atoms with Crippen molar-refractivity contribution in [3.8, 4) is 22.8 Å². The minimum Gasteiger partial charge on any atom is -0.507 e. The van der Waals surface area contributed by atoms with E-state index in [1.54, 1.807) is 48.5 Å². The monoisotopic (exact) mass is 488 g/mol. The molecule has 0 aliphatic carbocycles. The fourth-order valence-corrected chi connectivity index (χ4v) is 4.23. The summed E-state index contributed by atoms with van der Waals surface area (Å²) in [5.74, 6) is -1.90. The summed E-state index contributed by atoms with van der Waals surface area (Å²) in [6.45, 7) is 0. The maximum Gasteiger partial charge on any atom is 0.335 e. The number of esters is 1. The second-order valence-electron chi connectivity index (χ2n) is 8.02. The normalized spacial score (nSPS) is 14.8. The maximum absolute atomic E-state index is 13.1. The topological polar surface area (TPSA) is 114 Å². The van der Waals surface area contributed by atoms with Gasteiger partial charge in [-0.05, 0) is 60.7 Å². The highest BCUT2D eigenvalue weighted by Crippen LogP contribution is 2.46. The molecule has 0 spiro atoms. The Labute approximate surface area is 204 Å². The average Bonchev–Trinajstić information content (AvgIpc) is 3.34. The van der Waals surface area contributed by atoms with E-state index in [0.29, 0.717) is 27.7 Å². The molecule has 35 heavy (non-hydrogen) atoms. The minimum atomic E-state index is -1.03. The average molecular weight is 489 g/mol. The van der Waals surface area contributed by atoms with Gasteiger partial charge in [0.2, 0.25) is 0 Å². The Kier molecular flexibility index (Phi) is 5.62. The number of carbonyl (C=O) groups is 3. The summed E-state index contributed by atoms with van der Waals surface area (Å²) in [6, 6.07) is 18.8. The fraction of sp³-hybridized carbons (Fsp3) is 0.0741. The van der Waals surface area contributed by atoms with Crippen molar-refractivity contribution in [3.63, 3.8) is 0 Å². The van der Waals surface area contributed by atoms with Crippen molar-refractivity contribution < 1.29 is 33.8 Å². The molecule has 3 aromatic carbocycles. The Morgan fingerprint density at radius 2 is 1.57 bits per heavy atom. The zero-order chi connectivity index (χ0) is 24.7. The Morgan fingerprint density at radius 1 is 0.886 bits per heavy atom. The Balaban J connectivity index is 1.53. The van der Waals surface area contributed by atoms with E-state index < -0.39 is 23.6 Å². The van der Waals surface area contributed by atoms with Gasteiger partial charge in [0.05, 0.1) is 23.5 Å². The van der Waals surface area contributed by atoms with Gasteiger partial charge < -0.3 is 19.4 Å². The highest BCUT2D eigenvalue weighted by Gasteiger charge is 2.35. The van der Waals surface area contributed by atoms with Gasteiger partial charge in [-0.3, -0.25) is 9.59 Å². The Morgan fingerprint density at radius 3 is 2.26 bits per heavy atom. The lowest BCUT2D eigenvalue weighted by Crippen LogP contribution is -2.21. The van der Waals surface area contributed by atoms with E-state index in [0.717, 1.165) is 0 Å². The molecule has 0 saturated heterocycles. The van der Waals surface area contributed by atoms with Crippen LogP contribution >= 0.6 is 11.6 Å². The van der Waals surface area contributed by atoms with Crippen LogP contribution in [0.1, 0.15) is 49.9 Å². The van der Waals surface area contributed by atoms with Gasteiger partial charge in [-0.15, -0.1) is 0 Å². The first-order chi connectivity index (χ1) is 16.8. The summed E-state index contributed by atoms with van der Waals surface area (Å²) in [7, 11) is 0. The number of hydrogen-bond donors (Lipinski definition) is 2. The van der Waals surface area contributed by atoms with Crippen LogP contribution in [0, 0.1) is 0 Å². The second kappa shape index (κ2) is 8.77. The van der Waals surface area contributed by atoms with E-state index in [2.05, 4.69) is 0 Å². The number of furan rings is 1. The number of fused-ring (bicyclic) bond motifs is 1. The van der Waals surface area contributed by atoms with Gasteiger partial charge in [-0.25, -0.2) is 4.79 Å².